The second kappa shape index (κ2) is 5.88. The number of benzene rings is 1. The Bertz CT molecular complexity index is 531. The summed E-state index contributed by atoms with van der Waals surface area (Å²) < 4.78 is 31.4. The number of hydrogen-bond acceptors (Lipinski definition) is 4. The maximum absolute atomic E-state index is 13.3. The minimum absolute atomic E-state index is 0.0989. The van der Waals surface area contributed by atoms with Crippen molar-refractivity contribution in [1.82, 2.24) is 10.3 Å². The zero-order chi connectivity index (χ0) is 13.0. The Morgan fingerprint density at radius 1 is 1.39 bits per heavy atom. The summed E-state index contributed by atoms with van der Waals surface area (Å²) in [6.07, 6.45) is 0. The third-order valence-corrected chi connectivity index (χ3v) is 3.12. The van der Waals surface area contributed by atoms with Crippen molar-refractivity contribution in [2.24, 2.45) is 0 Å². The summed E-state index contributed by atoms with van der Waals surface area (Å²) >= 11 is 1.50. The standard InChI is InChI=1S/C12H12F2N2OS/c1-15-5-11-16-8(7-18-11)6-17-10-4-2-3-9(13)12(10)14/h2-4,7,15H,5-6H2,1H3. The summed E-state index contributed by atoms with van der Waals surface area (Å²) in [5, 5.41) is 5.75. The van der Waals surface area contributed by atoms with E-state index in [0.717, 1.165) is 11.1 Å². The van der Waals surface area contributed by atoms with Crippen LogP contribution in [0.5, 0.6) is 5.75 Å². The molecule has 0 aliphatic rings. The lowest BCUT2D eigenvalue weighted by atomic mass is 10.3. The molecular weight excluding hydrogens is 258 g/mol. The van der Waals surface area contributed by atoms with Crippen molar-refractivity contribution >= 4 is 11.3 Å². The molecular formula is C12H12F2N2OS. The number of aromatic nitrogens is 1. The predicted molar refractivity (Wildman–Crippen MR) is 65.6 cm³/mol. The summed E-state index contributed by atoms with van der Waals surface area (Å²) in [5.41, 5.74) is 0.703. The van der Waals surface area contributed by atoms with Crippen LogP contribution in [-0.4, -0.2) is 12.0 Å². The van der Waals surface area contributed by atoms with Gasteiger partial charge in [0.25, 0.3) is 0 Å². The molecule has 6 heteroatoms. The van der Waals surface area contributed by atoms with E-state index in [1.165, 1.54) is 23.5 Å². The molecule has 0 saturated carbocycles. The van der Waals surface area contributed by atoms with E-state index in [-0.39, 0.29) is 12.4 Å². The molecule has 2 rings (SSSR count). The minimum Gasteiger partial charge on any atom is -0.484 e. The molecule has 1 heterocycles. The number of nitrogens with zero attached hydrogens (tertiary/aromatic N) is 1. The number of halogens is 2. The zero-order valence-corrected chi connectivity index (χ0v) is 10.6. The van der Waals surface area contributed by atoms with Crippen LogP contribution in [0.15, 0.2) is 23.6 Å². The largest absolute Gasteiger partial charge is 0.484 e. The van der Waals surface area contributed by atoms with E-state index in [1.807, 2.05) is 12.4 Å². The Balaban J connectivity index is 2.00. The van der Waals surface area contributed by atoms with E-state index in [4.69, 9.17) is 4.74 Å². The molecule has 2 aromatic rings. The molecule has 0 aliphatic heterocycles. The van der Waals surface area contributed by atoms with Crippen molar-refractivity contribution in [3.05, 3.63) is 45.9 Å². The van der Waals surface area contributed by atoms with Crippen LogP contribution in [0.2, 0.25) is 0 Å². The van der Waals surface area contributed by atoms with Gasteiger partial charge >= 0.3 is 0 Å². The maximum atomic E-state index is 13.3. The smallest absolute Gasteiger partial charge is 0.200 e. The number of ether oxygens (including phenoxy) is 1. The average Bonchev–Trinajstić information content (AvgIpc) is 2.79. The molecule has 1 N–H and O–H groups in total. The van der Waals surface area contributed by atoms with Gasteiger partial charge in [-0.1, -0.05) is 6.07 Å². The molecule has 96 valence electrons. The minimum atomic E-state index is -0.969. The summed E-state index contributed by atoms with van der Waals surface area (Å²) in [4.78, 5) is 4.28. The first-order chi connectivity index (χ1) is 8.70. The van der Waals surface area contributed by atoms with Crippen LogP contribution < -0.4 is 10.1 Å². The van der Waals surface area contributed by atoms with Crippen molar-refractivity contribution < 1.29 is 13.5 Å². The number of nitrogens with one attached hydrogen (secondary N) is 1. The van der Waals surface area contributed by atoms with Gasteiger partial charge in [0.05, 0.1) is 5.69 Å². The molecule has 0 fully saturated rings. The molecule has 0 amide bonds. The summed E-state index contributed by atoms with van der Waals surface area (Å²) in [7, 11) is 1.83. The first kappa shape index (κ1) is 12.9. The van der Waals surface area contributed by atoms with Gasteiger partial charge in [0, 0.05) is 11.9 Å². The van der Waals surface area contributed by atoms with Gasteiger partial charge in [0.15, 0.2) is 11.6 Å². The molecule has 0 radical (unpaired) electrons. The lowest BCUT2D eigenvalue weighted by Crippen LogP contribution is -2.05. The molecule has 1 aromatic heterocycles. The fourth-order valence-corrected chi connectivity index (χ4v) is 2.19. The molecule has 0 saturated heterocycles. The van der Waals surface area contributed by atoms with Crippen molar-refractivity contribution in [2.45, 2.75) is 13.2 Å². The van der Waals surface area contributed by atoms with E-state index >= 15 is 0 Å². The quantitative estimate of drug-likeness (QED) is 0.907. The third kappa shape index (κ3) is 3.02. The predicted octanol–water partition coefficient (Wildman–Crippen LogP) is 2.72. The number of rotatable bonds is 5. The Labute approximate surface area is 107 Å². The van der Waals surface area contributed by atoms with Gasteiger partial charge in [-0.25, -0.2) is 9.37 Å². The molecule has 0 atom stereocenters. The van der Waals surface area contributed by atoms with Crippen LogP contribution >= 0.6 is 11.3 Å². The summed E-state index contributed by atoms with van der Waals surface area (Å²) in [6.45, 7) is 0.805. The zero-order valence-electron chi connectivity index (χ0n) is 9.74. The molecule has 18 heavy (non-hydrogen) atoms. The van der Waals surface area contributed by atoms with Gasteiger partial charge in [-0.2, -0.15) is 4.39 Å². The fraction of sp³-hybridized carbons (Fsp3) is 0.250. The summed E-state index contributed by atoms with van der Waals surface area (Å²) in [6, 6.07) is 3.84. The van der Waals surface area contributed by atoms with Crippen molar-refractivity contribution in [2.75, 3.05) is 7.05 Å². The second-order valence-corrected chi connectivity index (χ2v) is 4.55. The molecule has 0 spiro atoms. The van der Waals surface area contributed by atoms with E-state index < -0.39 is 11.6 Å². The number of hydrogen-bond donors (Lipinski definition) is 1. The first-order valence-corrected chi connectivity index (χ1v) is 6.23. The summed E-state index contributed by atoms with van der Waals surface area (Å²) in [5.74, 6) is -1.98. The van der Waals surface area contributed by atoms with Crippen LogP contribution in [0.4, 0.5) is 8.78 Å². The van der Waals surface area contributed by atoms with E-state index in [9.17, 15) is 8.78 Å². The normalized spacial score (nSPS) is 10.6. The topological polar surface area (TPSA) is 34.2 Å². The highest BCUT2D eigenvalue weighted by Gasteiger charge is 2.09. The highest BCUT2D eigenvalue weighted by Crippen LogP contribution is 2.20. The van der Waals surface area contributed by atoms with Gasteiger partial charge in [0.1, 0.15) is 11.6 Å². The van der Waals surface area contributed by atoms with Crippen LogP contribution in [0, 0.1) is 11.6 Å². The first-order valence-electron chi connectivity index (χ1n) is 5.35. The number of thiazole rings is 1. The monoisotopic (exact) mass is 270 g/mol. The van der Waals surface area contributed by atoms with Gasteiger partial charge in [-0.15, -0.1) is 11.3 Å². The molecule has 0 unspecified atom stereocenters. The van der Waals surface area contributed by atoms with Gasteiger partial charge < -0.3 is 10.1 Å². The van der Waals surface area contributed by atoms with E-state index in [0.29, 0.717) is 12.2 Å². The van der Waals surface area contributed by atoms with E-state index in [1.54, 1.807) is 0 Å². The van der Waals surface area contributed by atoms with Crippen LogP contribution in [-0.2, 0) is 13.2 Å². The van der Waals surface area contributed by atoms with Crippen molar-refractivity contribution in [3.8, 4) is 5.75 Å². The SMILES string of the molecule is CNCc1nc(COc2cccc(F)c2F)cs1. The molecule has 0 aliphatic carbocycles. The maximum Gasteiger partial charge on any atom is 0.200 e. The van der Waals surface area contributed by atoms with E-state index in [2.05, 4.69) is 10.3 Å². The average molecular weight is 270 g/mol. The Kier molecular flexibility index (Phi) is 4.22. The van der Waals surface area contributed by atoms with Crippen LogP contribution in [0.1, 0.15) is 10.7 Å². The Morgan fingerprint density at radius 2 is 2.22 bits per heavy atom. The van der Waals surface area contributed by atoms with Crippen molar-refractivity contribution in [1.29, 1.82) is 0 Å². The van der Waals surface area contributed by atoms with Crippen LogP contribution in [0.3, 0.4) is 0 Å². The molecule has 3 nitrogen and oxygen atoms in total. The second-order valence-electron chi connectivity index (χ2n) is 3.60. The van der Waals surface area contributed by atoms with Gasteiger partial charge in [-0.3, -0.25) is 0 Å². The lowest BCUT2D eigenvalue weighted by molar-refractivity contribution is 0.281. The van der Waals surface area contributed by atoms with Crippen molar-refractivity contribution in [3.63, 3.8) is 0 Å². The highest BCUT2D eigenvalue weighted by atomic mass is 32.1. The third-order valence-electron chi connectivity index (χ3n) is 2.22. The fourth-order valence-electron chi connectivity index (χ4n) is 1.39. The van der Waals surface area contributed by atoms with Gasteiger partial charge in [0.2, 0.25) is 5.82 Å². The highest BCUT2D eigenvalue weighted by molar-refractivity contribution is 7.09. The Morgan fingerprint density at radius 3 is 3.00 bits per heavy atom. The van der Waals surface area contributed by atoms with Crippen LogP contribution in [0.25, 0.3) is 0 Å². The molecule has 0 bridgehead atoms. The Hall–Kier alpha value is -1.53. The van der Waals surface area contributed by atoms with Gasteiger partial charge in [-0.05, 0) is 19.2 Å². The lowest BCUT2D eigenvalue weighted by Gasteiger charge is -2.05. The molecule has 1 aromatic carbocycles.